The van der Waals surface area contributed by atoms with Gasteiger partial charge in [-0.1, -0.05) is 45.7 Å². The number of ketones is 2. The summed E-state index contributed by atoms with van der Waals surface area (Å²) in [5.74, 6) is 0.233. The number of aliphatic hydroxyl groups is 1. The van der Waals surface area contributed by atoms with Crippen molar-refractivity contribution >= 4 is 49.4 Å². The molecule has 4 fully saturated rings. The summed E-state index contributed by atoms with van der Waals surface area (Å²) in [7, 11) is 0. The summed E-state index contributed by atoms with van der Waals surface area (Å²) in [4.78, 5) is 38.0. The van der Waals surface area contributed by atoms with E-state index in [2.05, 4.69) is 38.8 Å². The number of ether oxygens (including phenoxy) is 1. The van der Waals surface area contributed by atoms with Crippen molar-refractivity contribution in [3.05, 3.63) is 0 Å². The van der Waals surface area contributed by atoms with Gasteiger partial charge in [-0.2, -0.15) is 0 Å². The number of halogens is 2. The minimum absolute atomic E-state index is 0.0645. The summed E-state index contributed by atoms with van der Waals surface area (Å²) in [5.41, 5.74) is -2.37. The number of hydrogen-bond donors (Lipinski definition) is 1. The molecule has 7 heteroatoms. The molecule has 1 N–H and O–H groups in total. The van der Waals surface area contributed by atoms with E-state index in [0.717, 1.165) is 38.5 Å². The van der Waals surface area contributed by atoms with E-state index in [1.165, 1.54) is 6.92 Å². The van der Waals surface area contributed by atoms with Crippen LogP contribution in [-0.2, 0) is 19.1 Å². The molecule has 8 unspecified atom stereocenters. The van der Waals surface area contributed by atoms with Crippen molar-refractivity contribution in [2.24, 2.45) is 28.6 Å². The maximum atomic E-state index is 13.8. The van der Waals surface area contributed by atoms with Crippen LogP contribution in [-0.4, -0.2) is 44.0 Å². The zero-order valence-electron chi connectivity index (χ0n) is 18.0. The Morgan fingerprint density at radius 1 is 1.10 bits per heavy atom. The van der Waals surface area contributed by atoms with Crippen molar-refractivity contribution in [2.45, 2.75) is 88.2 Å². The number of Topliss-reactive ketones (excluding diaryl/α,β-unsaturated/α-hetero) is 2. The first-order valence-corrected chi connectivity index (χ1v) is 13.1. The highest BCUT2D eigenvalue weighted by molar-refractivity contribution is 9.10. The lowest BCUT2D eigenvalue weighted by Gasteiger charge is -2.64. The molecule has 4 aliphatic rings. The summed E-state index contributed by atoms with van der Waals surface area (Å²) in [6.45, 7) is 5.65. The second kappa shape index (κ2) is 7.38. The molecule has 0 aromatic rings. The van der Waals surface area contributed by atoms with Crippen LogP contribution in [0.4, 0.5) is 0 Å². The van der Waals surface area contributed by atoms with Gasteiger partial charge in [0.05, 0.1) is 9.65 Å². The van der Waals surface area contributed by atoms with Crippen LogP contribution in [0.5, 0.6) is 0 Å². The Morgan fingerprint density at radius 2 is 1.80 bits per heavy atom. The zero-order valence-corrected chi connectivity index (χ0v) is 21.2. The van der Waals surface area contributed by atoms with Crippen molar-refractivity contribution in [1.29, 1.82) is 0 Å². The molecule has 4 saturated carbocycles. The third-order valence-corrected chi connectivity index (χ3v) is 12.0. The first-order chi connectivity index (χ1) is 13.9. The van der Waals surface area contributed by atoms with Gasteiger partial charge in [-0.25, -0.2) is 0 Å². The quantitative estimate of drug-likeness (QED) is 0.419. The van der Waals surface area contributed by atoms with E-state index >= 15 is 0 Å². The maximum absolute atomic E-state index is 13.8. The van der Waals surface area contributed by atoms with Gasteiger partial charge in [-0.05, 0) is 68.1 Å². The monoisotopic (exact) mass is 546 g/mol. The molecular formula is C23H32Br2O5. The molecule has 0 aromatic carbocycles. The van der Waals surface area contributed by atoms with Gasteiger partial charge < -0.3 is 9.84 Å². The van der Waals surface area contributed by atoms with Crippen LogP contribution in [0.3, 0.4) is 0 Å². The van der Waals surface area contributed by atoms with Crippen LogP contribution in [0.2, 0.25) is 0 Å². The van der Waals surface area contributed by atoms with E-state index in [-0.39, 0.29) is 52.6 Å². The third kappa shape index (κ3) is 2.83. The van der Waals surface area contributed by atoms with Crippen LogP contribution in [0.15, 0.2) is 0 Å². The Kier molecular flexibility index (Phi) is 5.63. The van der Waals surface area contributed by atoms with Crippen LogP contribution >= 0.6 is 31.9 Å². The maximum Gasteiger partial charge on any atom is 0.302 e. The second-order valence-electron chi connectivity index (χ2n) is 10.6. The first kappa shape index (κ1) is 22.9. The lowest BCUT2D eigenvalue weighted by atomic mass is 9.43. The Labute approximate surface area is 195 Å². The van der Waals surface area contributed by atoms with Gasteiger partial charge in [0.1, 0.15) is 11.7 Å². The predicted octanol–water partition coefficient (Wildman–Crippen LogP) is 4.35. The van der Waals surface area contributed by atoms with Crippen molar-refractivity contribution in [1.82, 2.24) is 0 Å². The van der Waals surface area contributed by atoms with E-state index in [9.17, 15) is 19.5 Å². The minimum atomic E-state index is -1.43. The molecule has 5 nitrogen and oxygen atoms in total. The lowest BCUT2D eigenvalue weighted by molar-refractivity contribution is -0.174. The third-order valence-electron chi connectivity index (χ3n) is 9.52. The van der Waals surface area contributed by atoms with E-state index in [0.29, 0.717) is 12.3 Å². The molecule has 0 aromatic heterocycles. The Balaban J connectivity index is 1.68. The Hall–Kier alpha value is -0.270. The van der Waals surface area contributed by atoms with Gasteiger partial charge in [0.2, 0.25) is 0 Å². The number of fused-ring (bicyclic) bond motifs is 5. The molecule has 8 atom stereocenters. The topological polar surface area (TPSA) is 80.7 Å². The normalized spacial score (nSPS) is 50.3. The molecule has 0 aliphatic heterocycles. The highest BCUT2D eigenvalue weighted by atomic mass is 79.9. The molecule has 168 valence electrons. The van der Waals surface area contributed by atoms with Crippen LogP contribution < -0.4 is 0 Å². The fourth-order valence-electron chi connectivity index (χ4n) is 7.85. The van der Waals surface area contributed by atoms with E-state index in [1.54, 1.807) is 0 Å². The lowest BCUT2D eigenvalue weighted by Crippen LogP contribution is -2.69. The number of carbonyl (C=O) groups is 3. The fraction of sp³-hybridized carbons (Fsp3) is 0.870. The smallest absolute Gasteiger partial charge is 0.302 e. The number of carbonyl (C=O) groups excluding carboxylic acids is 3. The summed E-state index contributed by atoms with van der Waals surface area (Å²) < 4.78 is 4.88. The molecule has 0 spiro atoms. The summed E-state index contributed by atoms with van der Waals surface area (Å²) in [5, 5.41) is 11.5. The minimum Gasteiger partial charge on any atom is -0.463 e. The molecule has 30 heavy (non-hydrogen) atoms. The van der Waals surface area contributed by atoms with Gasteiger partial charge in [0.25, 0.3) is 0 Å². The van der Waals surface area contributed by atoms with Gasteiger partial charge in [0.15, 0.2) is 11.6 Å². The second-order valence-corrected chi connectivity index (χ2v) is 12.4. The van der Waals surface area contributed by atoms with Gasteiger partial charge in [-0.3, -0.25) is 14.4 Å². The van der Waals surface area contributed by atoms with Crippen LogP contribution in [0, 0.1) is 28.6 Å². The number of rotatable bonds is 3. The summed E-state index contributed by atoms with van der Waals surface area (Å²) in [6, 6.07) is 0. The fourth-order valence-corrected chi connectivity index (χ4v) is 9.53. The number of hydrogen-bond acceptors (Lipinski definition) is 5. The van der Waals surface area contributed by atoms with Crippen molar-refractivity contribution in [3.8, 4) is 0 Å². The summed E-state index contributed by atoms with van der Waals surface area (Å²) >= 11 is 7.26. The Bertz CT molecular complexity index is 786. The number of alkyl halides is 2. The van der Waals surface area contributed by atoms with E-state index in [1.807, 2.05) is 6.92 Å². The Morgan fingerprint density at radius 3 is 2.43 bits per heavy atom. The number of esters is 1. The molecule has 4 rings (SSSR count). The molecule has 0 amide bonds. The average Bonchev–Trinajstić information content (AvgIpc) is 2.94. The van der Waals surface area contributed by atoms with Crippen molar-refractivity contribution in [2.75, 3.05) is 5.33 Å². The molecule has 0 saturated heterocycles. The highest BCUT2D eigenvalue weighted by Gasteiger charge is 2.73. The van der Waals surface area contributed by atoms with Crippen LogP contribution in [0.25, 0.3) is 0 Å². The SMILES string of the molecule is CC(=O)OC1CCC2(C)C(CCC3C4CCC(O)(C(=O)CBr)C4(C)CC(=O)C32Br)C1. The van der Waals surface area contributed by atoms with Gasteiger partial charge >= 0.3 is 5.97 Å². The van der Waals surface area contributed by atoms with E-state index < -0.39 is 15.3 Å². The van der Waals surface area contributed by atoms with E-state index in [4.69, 9.17) is 4.74 Å². The molecule has 0 bridgehead atoms. The van der Waals surface area contributed by atoms with Crippen molar-refractivity contribution < 1.29 is 24.2 Å². The summed E-state index contributed by atoms with van der Waals surface area (Å²) in [6.07, 6.45) is 5.64. The molecular weight excluding hydrogens is 516 g/mol. The van der Waals surface area contributed by atoms with Gasteiger partial charge in [0, 0.05) is 18.8 Å². The van der Waals surface area contributed by atoms with Crippen LogP contribution in [0.1, 0.15) is 72.1 Å². The van der Waals surface area contributed by atoms with Gasteiger partial charge in [-0.15, -0.1) is 0 Å². The molecule has 0 heterocycles. The standard InChI is InChI=1S/C23H32Br2O5/c1-13(26)30-15-6-8-20(2)14(10-15)4-5-17-16-7-9-22(29,19(28)12-24)21(16,3)11-18(27)23(17,20)25/h14-17,29H,4-12H2,1-3H3. The highest BCUT2D eigenvalue weighted by Crippen LogP contribution is 2.71. The zero-order chi connectivity index (χ0) is 22.1. The largest absolute Gasteiger partial charge is 0.463 e. The predicted molar refractivity (Wildman–Crippen MR) is 120 cm³/mol. The first-order valence-electron chi connectivity index (χ1n) is 11.1. The molecule has 4 aliphatic carbocycles. The molecule has 0 radical (unpaired) electrons. The van der Waals surface area contributed by atoms with Crippen molar-refractivity contribution in [3.63, 3.8) is 0 Å². The average molecular weight is 548 g/mol.